The monoisotopic (exact) mass is 216 g/mol. The summed E-state index contributed by atoms with van der Waals surface area (Å²) < 4.78 is 0. The van der Waals surface area contributed by atoms with Crippen molar-refractivity contribution in [3.8, 4) is 0 Å². The van der Waals surface area contributed by atoms with Gasteiger partial charge in [-0.15, -0.1) is 0 Å². The van der Waals surface area contributed by atoms with Gasteiger partial charge in [0.1, 0.15) is 0 Å². The fourth-order valence-corrected chi connectivity index (χ4v) is 2.66. The number of aryl methyl sites for hydroxylation is 1. The lowest BCUT2D eigenvalue weighted by Crippen LogP contribution is -2.15. The van der Waals surface area contributed by atoms with Crippen LogP contribution < -0.4 is 0 Å². The number of aliphatic imine (C=N–C) groups is 1. The third-order valence-corrected chi connectivity index (χ3v) is 3.57. The molecule has 0 unspecified atom stereocenters. The van der Waals surface area contributed by atoms with Gasteiger partial charge in [0.2, 0.25) is 0 Å². The lowest BCUT2D eigenvalue weighted by molar-refractivity contribution is 0.558. The SMILES string of the molecule is Cc1ccc([C@@H]2CN3C=CSC3=N2)cc1. The van der Waals surface area contributed by atoms with E-state index in [-0.39, 0.29) is 0 Å². The third kappa shape index (κ3) is 1.57. The van der Waals surface area contributed by atoms with Crippen molar-refractivity contribution >= 4 is 16.9 Å². The number of nitrogens with zero attached hydrogens (tertiary/aromatic N) is 2. The van der Waals surface area contributed by atoms with Gasteiger partial charge in [0.05, 0.1) is 12.6 Å². The van der Waals surface area contributed by atoms with E-state index in [2.05, 4.69) is 47.7 Å². The number of rotatable bonds is 1. The van der Waals surface area contributed by atoms with Crippen molar-refractivity contribution in [3.63, 3.8) is 0 Å². The van der Waals surface area contributed by atoms with Crippen molar-refractivity contribution in [2.45, 2.75) is 13.0 Å². The molecule has 1 aromatic carbocycles. The molecule has 2 nitrogen and oxygen atoms in total. The quantitative estimate of drug-likeness (QED) is 0.717. The molecule has 2 aliphatic rings. The topological polar surface area (TPSA) is 15.6 Å². The van der Waals surface area contributed by atoms with Gasteiger partial charge in [-0.05, 0) is 17.9 Å². The Bertz CT molecular complexity index is 433. The lowest BCUT2D eigenvalue weighted by atomic mass is 10.1. The van der Waals surface area contributed by atoms with Crippen molar-refractivity contribution < 1.29 is 0 Å². The summed E-state index contributed by atoms with van der Waals surface area (Å²) in [7, 11) is 0. The van der Waals surface area contributed by atoms with Crippen molar-refractivity contribution in [2.75, 3.05) is 6.54 Å². The zero-order chi connectivity index (χ0) is 10.3. The summed E-state index contributed by atoms with van der Waals surface area (Å²) in [6.07, 6.45) is 2.11. The van der Waals surface area contributed by atoms with Crippen LogP contribution in [0.15, 0.2) is 40.9 Å². The van der Waals surface area contributed by atoms with E-state index in [1.807, 2.05) is 0 Å². The first kappa shape index (κ1) is 9.04. The maximum atomic E-state index is 4.69. The summed E-state index contributed by atoms with van der Waals surface area (Å²) in [6.45, 7) is 3.10. The van der Waals surface area contributed by atoms with Gasteiger partial charge in [0, 0.05) is 6.20 Å². The highest BCUT2D eigenvalue weighted by Crippen LogP contribution is 2.32. The second-order valence-electron chi connectivity index (χ2n) is 3.89. The first-order chi connectivity index (χ1) is 7.33. The van der Waals surface area contributed by atoms with E-state index in [0.29, 0.717) is 6.04 Å². The number of hydrogen-bond acceptors (Lipinski definition) is 3. The molecular weight excluding hydrogens is 204 g/mol. The van der Waals surface area contributed by atoms with Crippen LogP contribution in [0.3, 0.4) is 0 Å². The molecular formula is C12H12N2S. The zero-order valence-electron chi connectivity index (χ0n) is 8.55. The van der Waals surface area contributed by atoms with Crippen molar-refractivity contribution in [3.05, 3.63) is 47.0 Å². The molecule has 1 atom stereocenters. The predicted molar refractivity (Wildman–Crippen MR) is 64.8 cm³/mol. The Morgan fingerprint density at radius 2 is 2.13 bits per heavy atom. The van der Waals surface area contributed by atoms with E-state index in [1.165, 1.54) is 11.1 Å². The summed E-state index contributed by atoms with van der Waals surface area (Å²) in [6, 6.07) is 8.99. The van der Waals surface area contributed by atoms with Gasteiger partial charge in [-0.2, -0.15) is 0 Å². The molecule has 0 saturated carbocycles. The number of benzene rings is 1. The van der Waals surface area contributed by atoms with Crippen LogP contribution in [0.5, 0.6) is 0 Å². The van der Waals surface area contributed by atoms with E-state index in [0.717, 1.165) is 11.7 Å². The summed E-state index contributed by atoms with van der Waals surface area (Å²) in [5, 5.41) is 3.23. The van der Waals surface area contributed by atoms with Crippen molar-refractivity contribution in [1.82, 2.24) is 4.90 Å². The Labute approximate surface area is 93.7 Å². The molecule has 3 rings (SSSR count). The normalized spacial score (nSPS) is 23.1. The number of amidine groups is 1. The largest absolute Gasteiger partial charge is 0.325 e. The average Bonchev–Trinajstić information content (AvgIpc) is 2.78. The molecule has 76 valence electrons. The molecule has 0 fully saturated rings. The van der Waals surface area contributed by atoms with Crippen molar-refractivity contribution in [2.24, 2.45) is 4.99 Å². The molecule has 0 aliphatic carbocycles. The van der Waals surface area contributed by atoms with Crippen molar-refractivity contribution in [1.29, 1.82) is 0 Å². The average molecular weight is 216 g/mol. The van der Waals surface area contributed by atoms with Gasteiger partial charge in [-0.1, -0.05) is 41.6 Å². The number of hydrogen-bond donors (Lipinski definition) is 0. The van der Waals surface area contributed by atoms with E-state index in [9.17, 15) is 0 Å². The Hall–Kier alpha value is -1.22. The molecule has 0 amide bonds. The van der Waals surface area contributed by atoms with Crippen LogP contribution in [-0.2, 0) is 0 Å². The minimum absolute atomic E-state index is 0.318. The zero-order valence-corrected chi connectivity index (χ0v) is 9.37. The number of fused-ring (bicyclic) bond motifs is 1. The van der Waals surface area contributed by atoms with Crippen LogP contribution in [0, 0.1) is 6.92 Å². The Balaban J connectivity index is 1.86. The second-order valence-corrected chi connectivity index (χ2v) is 4.77. The lowest BCUT2D eigenvalue weighted by Gasteiger charge is -2.10. The standard InChI is InChI=1S/C12H12N2S/c1-9-2-4-10(5-3-9)11-8-14-6-7-15-12(14)13-11/h2-7,11H,8H2,1H3/t11-/m0/s1. The minimum atomic E-state index is 0.318. The van der Waals surface area contributed by atoms with Crippen LogP contribution in [0.25, 0.3) is 0 Å². The Morgan fingerprint density at radius 1 is 1.33 bits per heavy atom. The van der Waals surface area contributed by atoms with Crippen LogP contribution in [0.4, 0.5) is 0 Å². The van der Waals surface area contributed by atoms with Crippen LogP contribution in [0.2, 0.25) is 0 Å². The first-order valence-corrected chi connectivity index (χ1v) is 5.95. The van der Waals surface area contributed by atoms with E-state index in [1.54, 1.807) is 11.8 Å². The fourth-order valence-electron chi connectivity index (χ4n) is 1.87. The smallest absolute Gasteiger partial charge is 0.168 e. The van der Waals surface area contributed by atoms with Gasteiger partial charge in [-0.3, -0.25) is 4.99 Å². The highest BCUT2D eigenvalue weighted by Gasteiger charge is 2.27. The molecule has 0 N–H and O–H groups in total. The summed E-state index contributed by atoms with van der Waals surface area (Å²) in [4.78, 5) is 6.91. The van der Waals surface area contributed by atoms with Gasteiger partial charge in [0.15, 0.2) is 5.17 Å². The van der Waals surface area contributed by atoms with Gasteiger partial charge >= 0.3 is 0 Å². The van der Waals surface area contributed by atoms with Crippen LogP contribution in [-0.4, -0.2) is 16.6 Å². The molecule has 3 heteroatoms. The first-order valence-electron chi connectivity index (χ1n) is 5.07. The highest BCUT2D eigenvalue weighted by molar-refractivity contribution is 8.16. The summed E-state index contributed by atoms with van der Waals surface area (Å²) in [5.74, 6) is 0. The molecule has 0 bridgehead atoms. The molecule has 2 aliphatic heterocycles. The van der Waals surface area contributed by atoms with Crippen LogP contribution in [0.1, 0.15) is 17.2 Å². The van der Waals surface area contributed by atoms with E-state index < -0.39 is 0 Å². The van der Waals surface area contributed by atoms with E-state index in [4.69, 9.17) is 4.99 Å². The minimum Gasteiger partial charge on any atom is -0.325 e. The molecule has 0 spiro atoms. The van der Waals surface area contributed by atoms with Gasteiger partial charge < -0.3 is 4.90 Å². The molecule has 0 radical (unpaired) electrons. The molecule has 2 heterocycles. The predicted octanol–water partition coefficient (Wildman–Crippen LogP) is 2.93. The fraction of sp³-hybridized carbons (Fsp3) is 0.250. The number of thioether (sulfide) groups is 1. The van der Waals surface area contributed by atoms with Gasteiger partial charge in [-0.25, -0.2) is 0 Å². The molecule has 1 aromatic rings. The Morgan fingerprint density at radius 3 is 2.87 bits per heavy atom. The maximum Gasteiger partial charge on any atom is 0.168 e. The Kier molecular flexibility index (Phi) is 2.06. The van der Waals surface area contributed by atoms with Gasteiger partial charge in [0.25, 0.3) is 0 Å². The second kappa shape index (κ2) is 3.42. The summed E-state index contributed by atoms with van der Waals surface area (Å²) in [5.41, 5.74) is 2.62. The molecule has 15 heavy (non-hydrogen) atoms. The third-order valence-electron chi connectivity index (χ3n) is 2.76. The molecule has 0 saturated heterocycles. The van der Waals surface area contributed by atoms with Crippen LogP contribution >= 0.6 is 11.8 Å². The summed E-state index contributed by atoms with van der Waals surface area (Å²) >= 11 is 1.71. The highest BCUT2D eigenvalue weighted by atomic mass is 32.2. The maximum absolute atomic E-state index is 4.69. The van der Waals surface area contributed by atoms with E-state index >= 15 is 0 Å². The molecule has 0 aromatic heterocycles.